The Hall–Kier alpha value is -1.88. The molecule has 1 aromatic heterocycles. The van der Waals surface area contributed by atoms with E-state index in [0.717, 1.165) is 32.8 Å². The smallest absolute Gasteiger partial charge is 0.142 e. The van der Waals surface area contributed by atoms with Crippen LogP contribution in [0.2, 0.25) is 0 Å². The van der Waals surface area contributed by atoms with Crippen LogP contribution in [0.1, 0.15) is 5.01 Å². The number of ether oxygens (including phenoxy) is 2. The van der Waals surface area contributed by atoms with Gasteiger partial charge in [0.2, 0.25) is 0 Å². The van der Waals surface area contributed by atoms with Gasteiger partial charge in [0.25, 0.3) is 0 Å². The third-order valence-corrected chi connectivity index (χ3v) is 3.39. The molecule has 0 amide bonds. The maximum Gasteiger partial charge on any atom is 0.142 e. The Morgan fingerprint density at radius 2 is 2.06 bits per heavy atom. The van der Waals surface area contributed by atoms with E-state index in [9.17, 15) is 0 Å². The number of rotatable bonds is 3. The van der Waals surface area contributed by atoms with Gasteiger partial charge in [-0.25, -0.2) is 9.98 Å². The molecule has 0 saturated carbocycles. The first-order chi connectivity index (χ1) is 8.33. The lowest BCUT2D eigenvalue weighted by atomic mass is 10.1. The molecule has 0 spiro atoms. The topological polar surface area (TPSA) is 43.7 Å². The summed E-state index contributed by atoms with van der Waals surface area (Å²) in [7, 11) is 3.28. The molecule has 0 saturated heterocycles. The average molecular weight is 246 g/mol. The van der Waals surface area contributed by atoms with E-state index in [1.807, 2.05) is 17.5 Å². The molecule has 17 heavy (non-hydrogen) atoms. The van der Waals surface area contributed by atoms with Crippen LogP contribution in [0.15, 0.2) is 28.7 Å². The number of methoxy groups -OCH3 is 2. The molecule has 0 fully saturated rings. The van der Waals surface area contributed by atoms with Gasteiger partial charge in [-0.2, -0.15) is 0 Å². The van der Waals surface area contributed by atoms with Gasteiger partial charge in [0.1, 0.15) is 22.2 Å². The van der Waals surface area contributed by atoms with Crippen LogP contribution in [0.25, 0.3) is 5.70 Å². The monoisotopic (exact) mass is 246 g/mol. The van der Waals surface area contributed by atoms with Crippen molar-refractivity contribution in [3.05, 3.63) is 39.3 Å². The second-order valence-corrected chi connectivity index (χ2v) is 4.42. The van der Waals surface area contributed by atoms with Crippen LogP contribution in [0.4, 0.5) is 0 Å². The number of aromatic nitrogens is 1. The summed E-state index contributed by atoms with van der Waals surface area (Å²) in [6.07, 6.45) is 1.77. The Kier molecular flexibility index (Phi) is 2.33. The van der Waals surface area contributed by atoms with Crippen molar-refractivity contribution in [2.24, 2.45) is 4.99 Å². The summed E-state index contributed by atoms with van der Waals surface area (Å²) in [6.45, 7) is 0. The highest BCUT2D eigenvalue weighted by atomic mass is 32.1. The predicted molar refractivity (Wildman–Crippen MR) is 65.0 cm³/mol. The molecule has 1 aliphatic heterocycles. The molecule has 3 rings (SSSR count). The van der Waals surface area contributed by atoms with E-state index >= 15 is 0 Å². The van der Waals surface area contributed by atoms with Crippen molar-refractivity contribution in [3.8, 4) is 11.5 Å². The summed E-state index contributed by atoms with van der Waals surface area (Å²) >= 11 is 1.57. The van der Waals surface area contributed by atoms with Gasteiger partial charge in [0.05, 0.1) is 24.8 Å². The van der Waals surface area contributed by atoms with Gasteiger partial charge in [0.15, 0.2) is 0 Å². The first-order valence-corrected chi connectivity index (χ1v) is 5.96. The van der Waals surface area contributed by atoms with Crippen LogP contribution < -0.4 is 20.0 Å². The van der Waals surface area contributed by atoms with E-state index in [2.05, 4.69) is 9.98 Å². The maximum atomic E-state index is 5.36. The van der Waals surface area contributed by atoms with E-state index in [0.29, 0.717) is 0 Å². The van der Waals surface area contributed by atoms with Gasteiger partial charge in [-0.1, -0.05) is 0 Å². The van der Waals surface area contributed by atoms with E-state index in [-0.39, 0.29) is 0 Å². The normalized spacial score (nSPS) is 12.5. The molecule has 4 nitrogen and oxygen atoms in total. The molecule has 0 atom stereocenters. The molecule has 0 radical (unpaired) electrons. The summed E-state index contributed by atoms with van der Waals surface area (Å²) in [6, 6.07) is 3.76. The van der Waals surface area contributed by atoms with Crippen molar-refractivity contribution in [1.82, 2.24) is 4.98 Å². The molecule has 5 heteroatoms. The zero-order chi connectivity index (χ0) is 11.8. The summed E-state index contributed by atoms with van der Waals surface area (Å²) in [4.78, 5) is 8.71. The van der Waals surface area contributed by atoms with Crippen molar-refractivity contribution in [1.29, 1.82) is 0 Å². The molecule has 0 bridgehead atoms. The van der Waals surface area contributed by atoms with Gasteiger partial charge in [0, 0.05) is 23.7 Å². The molecule has 1 aromatic carbocycles. The standard InChI is InChI=1S/C12H10N2O2S/c1-15-7-5-8-10(9(6-7)16-2)11(14-8)12-13-3-4-17-12/h3-6H,1-2H3. The first-order valence-electron chi connectivity index (χ1n) is 5.08. The molecule has 0 unspecified atom stereocenters. The lowest BCUT2D eigenvalue weighted by Gasteiger charge is -2.12. The van der Waals surface area contributed by atoms with Gasteiger partial charge in [-0.15, -0.1) is 11.3 Å². The van der Waals surface area contributed by atoms with Crippen molar-refractivity contribution < 1.29 is 9.47 Å². The Morgan fingerprint density at radius 1 is 1.18 bits per heavy atom. The highest BCUT2D eigenvalue weighted by molar-refractivity contribution is 7.10. The number of benzene rings is 1. The fraction of sp³-hybridized carbons (Fsp3) is 0.167. The zero-order valence-electron chi connectivity index (χ0n) is 9.43. The largest absolute Gasteiger partial charge is 0.497 e. The van der Waals surface area contributed by atoms with Gasteiger partial charge >= 0.3 is 0 Å². The van der Waals surface area contributed by atoms with Crippen molar-refractivity contribution in [3.63, 3.8) is 0 Å². The molecule has 0 aliphatic carbocycles. The Balaban J connectivity index is 2.25. The summed E-state index contributed by atoms with van der Waals surface area (Å²) in [5.41, 5.74) is 0.898. The third kappa shape index (κ3) is 1.51. The number of hydrogen-bond donors (Lipinski definition) is 0. The Morgan fingerprint density at radius 3 is 2.71 bits per heavy atom. The summed E-state index contributed by atoms with van der Waals surface area (Å²) in [5, 5.41) is 4.77. The lowest BCUT2D eigenvalue weighted by molar-refractivity contribution is 0.390. The number of fused-ring (bicyclic) bond motifs is 1. The molecular weight excluding hydrogens is 236 g/mol. The molecular formula is C12H10N2O2S. The lowest BCUT2D eigenvalue weighted by Crippen LogP contribution is -2.36. The average Bonchev–Trinajstić information content (AvgIpc) is 2.83. The van der Waals surface area contributed by atoms with E-state index < -0.39 is 0 Å². The van der Waals surface area contributed by atoms with Crippen molar-refractivity contribution >= 4 is 17.0 Å². The van der Waals surface area contributed by atoms with Gasteiger partial charge < -0.3 is 9.47 Å². The zero-order valence-corrected chi connectivity index (χ0v) is 10.2. The molecule has 0 N–H and O–H groups in total. The quantitative estimate of drug-likeness (QED) is 0.810. The maximum absolute atomic E-state index is 5.36. The minimum atomic E-state index is 0.752. The van der Waals surface area contributed by atoms with E-state index in [1.54, 1.807) is 31.8 Å². The second-order valence-electron chi connectivity index (χ2n) is 3.52. The molecule has 1 aliphatic rings. The van der Waals surface area contributed by atoms with Crippen molar-refractivity contribution in [2.75, 3.05) is 14.2 Å². The van der Waals surface area contributed by atoms with Crippen LogP contribution in [0.3, 0.4) is 0 Å². The van der Waals surface area contributed by atoms with E-state index in [4.69, 9.17) is 9.47 Å². The van der Waals surface area contributed by atoms with Gasteiger partial charge in [-0.3, -0.25) is 0 Å². The predicted octanol–water partition coefficient (Wildman–Crippen LogP) is 0.950. The summed E-state index contributed by atoms with van der Waals surface area (Å²) < 4.78 is 10.6. The number of thiazole rings is 1. The van der Waals surface area contributed by atoms with Gasteiger partial charge in [-0.05, 0) is 0 Å². The third-order valence-electron chi connectivity index (χ3n) is 2.61. The van der Waals surface area contributed by atoms with Crippen LogP contribution >= 0.6 is 11.3 Å². The Bertz CT molecular complexity index is 677. The second kappa shape index (κ2) is 3.85. The SMILES string of the molecule is COc1cc(OC)c2c(c1)=NC=2c1nccs1. The number of nitrogens with zero attached hydrogens (tertiary/aromatic N) is 2. The molecule has 86 valence electrons. The number of hydrogen-bond acceptors (Lipinski definition) is 5. The molecule has 2 aromatic rings. The molecule has 2 heterocycles. The van der Waals surface area contributed by atoms with Crippen LogP contribution in [-0.2, 0) is 0 Å². The highest BCUT2D eigenvalue weighted by Gasteiger charge is 2.17. The minimum Gasteiger partial charge on any atom is -0.497 e. The van der Waals surface area contributed by atoms with Crippen LogP contribution in [-0.4, -0.2) is 19.2 Å². The fourth-order valence-corrected chi connectivity index (χ4v) is 2.43. The Labute approximate surface area is 102 Å². The fourth-order valence-electron chi connectivity index (χ4n) is 1.80. The van der Waals surface area contributed by atoms with Crippen molar-refractivity contribution in [2.45, 2.75) is 0 Å². The minimum absolute atomic E-state index is 0.752. The van der Waals surface area contributed by atoms with Crippen LogP contribution in [0, 0.1) is 0 Å². The first kappa shape index (κ1) is 10.3. The van der Waals surface area contributed by atoms with E-state index in [1.165, 1.54) is 0 Å². The summed E-state index contributed by atoms with van der Waals surface area (Å²) in [5.74, 6) is 1.53. The highest BCUT2D eigenvalue weighted by Crippen LogP contribution is 2.21. The van der Waals surface area contributed by atoms with Crippen LogP contribution in [0.5, 0.6) is 11.5 Å².